The zero-order valence-electron chi connectivity index (χ0n) is 13.7. The number of aliphatic hydroxyl groups is 1. The zero-order chi connectivity index (χ0) is 17.1. The Kier molecular flexibility index (Phi) is 6.17. The molecule has 0 saturated carbocycles. The highest BCUT2D eigenvalue weighted by molar-refractivity contribution is 6.42. The Morgan fingerprint density at radius 3 is 2.75 bits per heavy atom. The molecule has 3 unspecified atom stereocenters. The Morgan fingerprint density at radius 2 is 2.12 bits per heavy atom. The smallest absolute Gasteiger partial charge is 0.155 e. The average Bonchev–Trinajstić information content (AvgIpc) is 2.98. The summed E-state index contributed by atoms with van der Waals surface area (Å²) >= 11 is 12.0. The van der Waals surface area contributed by atoms with Crippen LogP contribution in [0.1, 0.15) is 31.2 Å². The summed E-state index contributed by atoms with van der Waals surface area (Å²) in [4.78, 5) is 15.2. The molecule has 2 aliphatic rings. The topological polar surface area (TPSA) is 52.6 Å². The first-order chi connectivity index (χ1) is 11.5. The molecule has 132 valence electrons. The summed E-state index contributed by atoms with van der Waals surface area (Å²) in [7, 11) is 0. The van der Waals surface area contributed by atoms with Gasteiger partial charge in [-0.15, -0.1) is 0 Å². The van der Waals surface area contributed by atoms with E-state index in [-0.39, 0.29) is 24.0 Å². The second-order valence-corrected chi connectivity index (χ2v) is 7.64. The Morgan fingerprint density at radius 1 is 1.29 bits per heavy atom. The molecule has 2 saturated heterocycles. The molecule has 3 rings (SSSR count). The van der Waals surface area contributed by atoms with Crippen molar-refractivity contribution in [2.24, 2.45) is 0 Å². The second-order valence-electron chi connectivity index (χ2n) is 6.83. The molecule has 0 aromatic heterocycles. The van der Waals surface area contributed by atoms with Gasteiger partial charge >= 0.3 is 0 Å². The molecule has 0 aliphatic carbocycles. The van der Waals surface area contributed by atoms with Crippen LogP contribution in [0.4, 0.5) is 0 Å². The number of carbonyl (C=O) groups excluding carboxylic acids is 1. The van der Waals surface area contributed by atoms with Crippen molar-refractivity contribution in [2.75, 3.05) is 19.6 Å². The van der Waals surface area contributed by atoms with Crippen LogP contribution < -0.4 is 5.32 Å². The summed E-state index contributed by atoms with van der Waals surface area (Å²) in [5.41, 5.74) is 0.884. The van der Waals surface area contributed by atoms with Crippen molar-refractivity contribution >= 4 is 29.0 Å². The van der Waals surface area contributed by atoms with Gasteiger partial charge in [0.15, 0.2) is 5.78 Å². The zero-order valence-corrected chi connectivity index (χ0v) is 15.2. The van der Waals surface area contributed by atoms with Gasteiger partial charge in [-0.2, -0.15) is 0 Å². The third kappa shape index (κ3) is 4.30. The van der Waals surface area contributed by atoms with Crippen molar-refractivity contribution in [3.05, 3.63) is 33.8 Å². The van der Waals surface area contributed by atoms with E-state index in [4.69, 9.17) is 23.2 Å². The SMILES string of the molecule is O=C(Cc1ccc(Cl)c(Cl)c1)C(C1CCCCN1)N1CCC(O)C1. The summed E-state index contributed by atoms with van der Waals surface area (Å²) in [6, 6.07) is 5.35. The monoisotopic (exact) mass is 370 g/mol. The number of halogens is 2. The lowest BCUT2D eigenvalue weighted by atomic mass is 9.91. The number of rotatable bonds is 5. The van der Waals surface area contributed by atoms with Gasteiger partial charge in [0.25, 0.3) is 0 Å². The molecule has 2 N–H and O–H groups in total. The van der Waals surface area contributed by atoms with Gasteiger partial charge < -0.3 is 10.4 Å². The minimum Gasteiger partial charge on any atom is -0.392 e. The molecule has 0 radical (unpaired) electrons. The summed E-state index contributed by atoms with van der Waals surface area (Å²) in [5, 5.41) is 14.4. The van der Waals surface area contributed by atoms with Gasteiger partial charge in [0.05, 0.1) is 22.2 Å². The van der Waals surface area contributed by atoms with E-state index >= 15 is 0 Å². The van der Waals surface area contributed by atoms with E-state index in [1.807, 2.05) is 6.07 Å². The summed E-state index contributed by atoms with van der Waals surface area (Å²) in [6.45, 7) is 2.31. The van der Waals surface area contributed by atoms with Crippen molar-refractivity contribution in [1.82, 2.24) is 10.2 Å². The van der Waals surface area contributed by atoms with E-state index in [0.717, 1.165) is 44.3 Å². The van der Waals surface area contributed by atoms with Crippen LogP contribution >= 0.6 is 23.2 Å². The predicted molar refractivity (Wildman–Crippen MR) is 96.8 cm³/mol. The molecule has 0 amide bonds. The quantitative estimate of drug-likeness (QED) is 0.836. The van der Waals surface area contributed by atoms with Crippen LogP contribution in [0.25, 0.3) is 0 Å². The number of nitrogens with zero attached hydrogens (tertiary/aromatic N) is 1. The highest BCUT2D eigenvalue weighted by Gasteiger charge is 2.37. The van der Waals surface area contributed by atoms with Crippen LogP contribution in [0.2, 0.25) is 10.0 Å². The number of β-amino-alcohol motifs (C(OH)–C–C–N with tert-alkyl or cyclic N) is 1. The van der Waals surface area contributed by atoms with Crippen molar-refractivity contribution in [3.8, 4) is 0 Å². The number of benzene rings is 1. The number of piperidine rings is 1. The minimum absolute atomic E-state index is 0.166. The van der Waals surface area contributed by atoms with E-state index in [9.17, 15) is 9.90 Å². The van der Waals surface area contributed by atoms with E-state index in [2.05, 4.69) is 10.2 Å². The summed E-state index contributed by atoms with van der Waals surface area (Å²) in [5.74, 6) is 0.182. The first kappa shape index (κ1) is 18.2. The molecule has 1 aromatic rings. The highest BCUT2D eigenvalue weighted by Crippen LogP contribution is 2.25. The first-order valence-electron chi connectivity index (χ1n) is 8.67. The predicted octanol–water partition coefficient (Wildman–Crippen LogP) is 2.68. The normalized spacial score (nSPS) is 26.5. The molecule has 0 bridgehead atoms. The summed E-state index contributed by atoms with van der Waals surface area (Å²) in [6.07, 6.45) is 4.06. The van der Waals surface area contributed by atoms with Crippen LogP contribution in [-0.4, -0.2) is 53.6 Å². The number of aliphatic hydroxyl groups excluding tert-OH is 1. The molecule has 2 fully saturated rings. The van der Waals surface area contributed by atoms with E-state index in [1.165, 1.54) is 0 Å². The Hall–Kier alpha value is -0.650. The maximum atomic E-state index is 13.1. The molecule has 2 aliphatic heterocycles. The molecule has 24 heavy (non-hydrogen) atoms. The molecular formula is C18H24Cl2N2O2. The highest BCUT2D eigenvalue weighted by atomic mass is 35.5. The van der Waals surface area contributed by atoms with Crippen molar-refractivity contribution in [3.63, 3.8) is 0 Å². The number of hydrogen-bond donors (Lipinski definition) is 2. The number of nitrogens with one attached hydrogen (secondary N) is 1. The molecule has 6 heteroatoms. The third-order valence-electron chi connectivity index (χ3n) is 5.01. The number of ketones is 1. The lowest BCUT2D eigenvalue weighted by molar-refractivity contribution is -0.124. The summed E-state index contributed by atoms with van der Waals surface area (Å²) < 4.78 is 0. The maximum Gasteiger partial charge on any atom is 0.155 e. The third-order valence-corrected chi connectivity index (χ3v) is 5.75. The first-order valence-corrected chi connectivity index (χ1v) is 9.42. The van der Waals surface area contributed by atoms with Gasteiger partial charge in [-0.25, -0.2) is 0 Å². The Bertz CT molecular complexity index is 586. The van der Waals surface area contributed by atoms with Gasteiger partial charge in [0.1, 0.15) is 0 Å². The fraction of sp³-hybridized carbons (Fsp3) is 0.611. The van der Waals surface area contributed by atoms with Crippen LogP contribution in [0, 0.1) is 0 Å². The number of carbonyl (C=O) groups is 1. The molecule has 1 aromatic carbocycles. The van der Waals surface area contributed by atoms with Crippen LogP contribution in [0.3, 0.4) is 0 Å². The van der Waals surface area contributed by atoms with Gasteiger partial charge in [-0.05, 0) is 43.5 Å². The standard InChI is InChI=1S/C18H24Cl2N2O2/c19-14-5-4-12(9-15(14)20)10-17(24)18(16-3-1-2-7-21-16)22-8-6-13(23)11-22/h4-5,9,13,16,18,21,23H,1-3,6-8,10-11H2. The maximum absolute atomic E-state index is 13.1. The molecule has 3 atom stereocenters. The van der Waals surface area contributed by atoms with E-state index in [1.54, 1.807) is 12.1 Å². The molecule has 2 heterocycles. The Balaban J connectivity index is 1.75. The van der Waals surface area contributed by atoms with Crippen LogP contribution in [0.15, 0.2) is 18.2 Å². The van der Waals surface area contributed by atoms with Crippen molar-refractivity contribution in [2.45, 2.75) is 50.3 Å². The molecule has 0 spiro atoms. The van der Waals surface area contributed by atoms with Crippen LogP contribution in [-0.2, 0) is 11.2 Å². The fourth-order valence-electron chi connectivity index (χ4n) is 3.81. The van der Waals surface area contributed by atoms with Crippen molar-refractivity contribution in [1.29, 1.82) is 0 Å². The molecular weight excluding hydrogens is 347 g/mol. The lowest BCUT2D eigenvalue weighted by Crippen LogP contribution is -2.55. The number of hydrogen-bond acceptors (Lipinski definition) is 4. The van der Waals surface area contributed by atoms with E-state index in [0.29, 0.717) is 23.0 Å². The average molecular weight is 371 g/mol. The molecule has 4 nitrogen and oxygen atoms in total. The van der Waals surface area contributed by atoms with Gasteiger partial charge in [0.2, 0.25) is 0 Å². The Labute approximate surface area is 153 Å². The second kappa shape index (κ2) is 8.15. The van der Waals surface area contributed by atoms with Crippen molar-refractivity contribution < 1.29 is 9.90 Å². The minimum atomic E-state index is -0.325. The number of Topliss-reactive ketones (excluding diaryl/α,β-unsaturated/α-hetero) is 1. The fourth-order valence-corrected chi connectivity index (χ4v) is 4.13. The van der Waals surface area contributed by atoms with E-state index < -0.39 is 0 Å². The number of likely N-dealkylation sites (tertiary alicyclic amines) is 1. The van der Waals surface area contributed by atoms with Gasteiger partial charge in [-0.1, -0.05) is 35.7 Å². The van der Waals surface area contributed by atoms with Gasteiger partial charge in [-0.3, -0.25) is 9.69 Å². The van der Waals surface area contributed by atoms with Crippen LogP contribution in [0.5, 0.6) is 0 Å². The lowest BCUT2D eigenvalue weighted by Gasteiger charge is -2.36. The largest absolute Gasteiger partial charge is 0.392 e. The van der Waals surface area contributed by atoms with Gasteiger partial charge in [0, 0.05) is 25.6 Å².